The highest BCUT2D eigenvalue weighted by atomic mass is 79.9. The highest BCUT2D eigenvalue weighted by Gasteiger charge is 1.99. The van der Waals surface area contributed by atoms with Gasteiger partial charge in [0.05, 0.1) is 11.9 Å². The van der Waals surface area contributed by atoms with E-state index in [0.29, 0.717) is 0 Å². The standard InChI is InChI=1S/C14H13BrN2/c1-11(7-12-5-3-2-4-6-12)17-14-8-13(15)9-16-10-14/h2-6,8-10,17H,1,7H2. The molecule has 0 atom stereocenters. The first-order valence-corrected chi connectivity index (χ1v) is 6.12. The Balaban J connectivity index is 1.98. The Labute approximate surface area is 110 Å². The average molecular weight is 289 g/mol. The van der Waals surface area contributed by atoms with Gasteiger partial charge in [0.15, 0.2) is 0 Å². The van der Waals surface area contributed by atoms with Gasteiger partial charge in [0, 0.05) is 22.8 Å². The maximum atomic E-state index is 4.09. The molecule has 2 rings (SSSR count). The third-order valence-electron chi connectivity index (χ3n) is 2.29. The van der Waals surface area contributed by atoms with E-state index in [-0.39, 0.29) is 0 Å². The Bertz CT molecular complexity index is 509. The van der Waals surface area contributed by atoms with Crippen LogP contribution < -0.4 is 5.32 Å². The van der Waals surface area contributed by atoms with E-state index >= 15 is 0 Å². The molecule has 0 spiro atoms. The summed E-state index contributed by atoms with van der Waals surface area (Å²) in [6.07, 6.45) is 4.35. The molecule has 1 heterocycles. The Morgan fingerprint density at radius 3 is 2.71 bits per heavy atom. The number of benzene rings is 1. The first-order valence-electron chi connectivity index (χ1n) is 5.33. The SMILES string of the molecule is C=C(Cc1ccccc1)Nc1cncc(Br)c1. The molecule has 1 N–H and O–H groups in total. The van der Waals surface area contributed by atoms with Gasteiger partial charge in [-0.25, -0.2) is 0 Å². The van der Waals surface area contributed by atoms with Gasteiger partial charge < -0.3 is 5.32 Å². The minimum Gasteiger partial charge on any atom is -0.358 e. The van der Waals surface area contributed by atoms with E-state index in [1.807, 2.05) is 24.3 Å². The third-order valence-corrected chi connectivity index (χ3v) is 2.72. The van der Waals surface area contributed by atoms with Crippen LogP contribution in [-0.2, 0) is 6.42 Å². The van der Waals surface area contributed by atoms with Gasteiger partial charge in [0.2, 0.25) is 0 Å². The van der Waals surface area contributed by atoms with Gasteiger partial charge in [-0.3, -0.25) is 4.98 Å². The van der Waals surface area contributed by atoms with Crippen LogP contribution in [0.3, 0.4) is 0 Å². The Morgan fingerprint density at radius 2 is 2.00 bits per heavy atom. The summed E-state index contributed by atoms with van der Waals surface area (Å²) in [6, 6.07) is 12.2. The molecule has 1 aromatic carbocycles. The van der Waals surface area contributed by atoms with Crippen molar-refractivity contribution in [3.05, 3.63) is 71.1 Å². The van der Waals surface area contributed by atoms with Crippen LogP contribution in [0.5, 0.6) is 0 Å². The van der Waals surface area contributed by atoms with E-state index < -0.39 is 0 Å². The molecule has 17 heavy (non-hydrogen) atoms. The van der Waals surface area contributed by atoms with E-state index in [1.54, 1.807) is 12.4 Å². The molecule has 0 aliphatic rings. The summed E-state index contributed by atoms with van der Waals surface area (Å²) in [5, 5.41) is 3.24. The number of hydrogen-bond acceptors (Lipinski definition) is 2. The molecular weight excluding hydrogens is 276 g/mol. The number of allylic oxidation sites excluding steroid dienone is 1. The molecule has 0 saturated carbocycles. The second-order valence-corrected chi connectivity index (χ2v) is 4.70. The maximum absolute atomic E-state index is 4.09. The van der Waals surface area contributed by atoms with Gasteiger partial charge >= 0.3 is 0 Å². The second-order valence-electron chi connectivity index (χ2n) is 3.78. The number of nitrogens with one attached hydrogen (secondary N) is 1. The van der Waals surface area contributed by atoms with Crippen molar-refractivity contribution in [2.75, 3.05) is 5.32 Å². The molecule has 0 aliphatic carbocycles. The van der Waals surface area contributed by atoms with Crippen LogP contribution in [0.1, 0.15) is 5.56 Å². The lowest BCUT2D eigenvalue weighted by atomic mass is 10.1. The number of nitrogens with zero attached hydrogens (tertiary/aromatic N) is 1. The summed E-state index contributed by atoms with van der Waals surface area (Å²) < 4.78 is 0.954. The van der Waals surface area contributed by atoms with Crippen molar-refractivity contribution in [2.24, 2.45) is 0 Å². The van der Waals surface area contributed by atoms with Crippen LogP contribution >= 0.6 is 15.9 Å². The molecule has 0 unspecified atom stereocenters. The number of pyridine rings is 1. The van der Waals surface area contributed by atoms with Crippen molar-refractivity contribution in [1.82, 2.24) is 4.98 Å². The molecule has 3 heteroatoms. The van der Waals surface area contributed by atoms with Crippen molar-refractivity contribution in [3.8, 4) is 0 Å². The first-order chi connectivity index (χ1) is 8.24. The minimum absolute atomic E-state index is 0.813. The number of anilines is 1. The number of rotatable bonds is 4. The molecule has 0 radical (unpaired) electrons. The molecule has 1 aromatic heterocycles. The lowest BCUT2D eigenvalue weighted by molar-refractivity contribution is 1.15. The predicted molar refractivity (Wildman–Crippen MR) is 74.8 cm³/mol. The van der Waals surface area contributed by atoms with Crippen LogP contribution in [0.25, 0.3) is 0 Å². The normalized spacial score (nSPS) is 9.94. The van der Waals surface area contributed by atoms with Gasteiger partial charge in [-0.1, -0.05) is 36.9 Å². The Hall–Kier alpha value is -1.61. The van der Waals surface area contributed by atoms with Gasteiger partial charge in [0.1, 0.15) is 0 Å². The van der Waals surface area contributed by atoms with Crippen LogP contribution in [0.15, 0.2) is 65.5 Å². The average Bonchev–Trinajstić information content (AvgIpc) is 2.30. The smallest absolute Gasteiger partial charge is 0.0579 e. The van der Waals surface area contributed by atoms with Gasteiger partial charge in [-0.2, -0.15) is 0 Å². The quantitative estimate of drug-likeness (QED) is 0.919. The summed E-state index contributed by atoms with van der Waals surface area (Å²) in [6.45, 7) is 4.02. The van der Waals surface area contributed by atoms with Crippen molar-refractivity contribution in [3.63, 3.8) is 0 Å². The van der Waals surface area contributed by atoms with E-state index in [2.05, 4.69) is 44.9 Å². The van der Waals surface area contributed by atoms with Gasteiger partial charge in [-0.05, 0) is 27.6 Å². The monoisotopic (exact) mass is 288 g/mol. The summed E-state index contributed by atoms with van der Waals surface area (Å²) in [4.78, 5) is 4.09. The fourth-order valence-electron chi connectivity index (χ4n) is 1.57. The van der Waals surface area contributed by atoms with E-state index in [4.69, 9.17) is 0 Å². The summed E-state index contributed by atoms with van der Waals surface area (Å²) >= 11 is 3.39. The number of aromatic nitrogens is 1. The minimum atomic E-state index is 0.813. The second kappa shape index (κ2) is 5.64. The first kappa shape index (κ1) is 11.9. The zero-order chi connectivity index (χ0) is 12.1. The summed E-state index contributed by atoms with van der Waals surface area (Å²) in [5.41, 5.74) is 3.14. The fraction of sp³-hybridized carbons (Fsp3) is 0.0714. The molecule has 0 fully saturated rings. The molecule has 0 aliphatic heterocycles. The number of halogens is 1. The summed E-state index contributed by atoms with van der Waals surface area (Å²) in [7, 11) is 0. The zero-order valence-corrected chi connectivity index (χ0v) is 10.9. The van der Waals surface area contributed by atoms with Crippen molar-refractivity contribution < 1.29 is 0 Å². The third kappa shape index (κ3) is 3.71. The zero-order valence-electron chi connectivity index (χ0n) is 9.36. The Morgan fingerprint density at radius 1 is 1.24 bits per heavy atom. The van der Waals surface area contributed by atoms with Crippen LogP contribution in [0.4, 0.5) is 5.69 Å². The molecule has 86 valence electrons. The predicted octanol–water partition coefficient (Wildman–Crippen LogP) is 4.01. The molecule has 2 aromatic rings. The van der Waals surface area contributed by atoms with Crippen molar-refractivity contribution in [1.29, 1.82) is 0 Å². The topological polar surface area (TPSA) is 24.9 Å². The highest BCUT2D eigenvalue weighted by Crippen LogP contribution is 2.16. The highest BCUT2D eigenvalue weighted by molar-refractivity contribution is 9.10. The van der Waals surface area contributed by atoms with Crippen molar-refractivity contribution in [2.45, 2.75) is 6.42 Å². The Kier molecular flexibility index (Phi) is 3.94. The van der Waals surface area contributed by atoms with Crippen molar-refractivity contribution >= 4 is 21.6 Å². The lowest BCUT2D eigenvalue weighted by Gasteiger charge is -2.09. The lowest BCUT2D eigenvalue weighted by Crippen LogP contribution is -2.01. The molecular formula is C14H13BrN2. The van der Waals surface area contributed by atoms with Crippen LogP contribution in [0, 0.1) is 0 Å². The molecule has 0 saturated heterocycles. The van der Waals surface area contributed by atoms with Gasteiger partial charge in [0.25, 0.3) is 0 Å². The van der Waals surface area contributed by atoms with Crippen LogP contribution in [-0.4, -0.2) is 4.98 Å². The number of hydrogen-bond donors (Lipinski definition) is 1. The summed E-state index contributed by atoms with van der Waals surface area (Å²) in [5.74, 6) is 0. The van der Waals surface area contributed by atoms with E-state index in [9.17, 15) is 0 Å². The molecule has 0 bridgehead atoms. The molecule has 0 amide bonds. The van der Waals surface area contributed by atoms with Gasteiger partial charge in [-0.15, -0.1) is 0 Å². The maximum Gasteiger partial charge on any atom is 0.0579 e. The van der Waals surface area contributed by atoms with Crippen LogP contribution in [0.2, 0.25) is 0 Å². The largest absolute Gasteiger partial charge is 0.358 e. The fourth-order valence-corrected chi connectivity index (χ4v) is 1.94. The molecule has 2 nitrogen and oxygen atoms in total. The van der Waals surface area contributed by atoms with E-state index in [1.165, 1.54) is 5.56 Å². The van der Waals surface area contributed by atoms with E-state index in [0.717, 1.165) is 22.3 Å².